The molecule has 0 saturated heterocycles. The van der Waals surface area contributed by atoms with Crippen molar-refractivity contribution in [3.63, 3.8) is 0 Å². The van der Waals surface area contributed by atoms with Gasteiger partial charge in [0.05, 0.1) is 18.8 Å². The van der Waals surface area contributed by atoms with Gasteiger partial charge in [-0.1, -0.05) is 32.0 Å². The topological polar surface area (TPSA) is 61.4 Å². The highest BCUT2D eigenvalue weighted by Crippen LogP contribution is 2.26. The lowest BCUT2D eigenvalue weighted by Crippen LogP contribution is -2.36. The van der Waals surface area contributed by atoms with Crippen molar-refractivity contribution in [2.24, 2.45) is 0 Å². The van der Waals surface area contributed by atoms with Gasteiger partial charge in [0.25, 0.3) is 0 Å². The van der Waals surface area contributed by atoms with Crippen LogP contribution in [0.1, 0.15) is 31.7 Å². The molecule has 2 amide bonds. The van der Waals surface area contributed by atoms with Gasteiger partial charge in [0.2, 0.25) is 11.8 Å². The Morgan fingerprint density at radius 1 is 0.931 bits per heavy atom. The summed E-state index contributed by atoms with van der Waals surface area (Å²) in [5, 5.41) is 5.01. The summed E-state index contributed by atoms with van der Waals surface area (Å²) < 4.78 is 39.8. The molecule has 0 aliphatic rings. The van der Waals surface area contributed by atoms with Crippen molar-refractivity contribution in [2.75, 3.05) is 30.8 Å². The molecule has 8 heteroatoms. The fraction of sp³-hybridized carbons (Fsp3) is 0.333. The van der Waals surface area contributed by atoms with E-state index in [4.69, 9.17) is 0 Å². The number of para-hydroxylation sites is 1. The molecular weight excluding hydrogens is 383 g/mol. The van der Waals surface area contributed by atoms with Crippen LogP contribution in [0.4, 0.5) is 24.5 Å². The lowest BCUT2D eigenvalue weighted by atomic mass is 9.97. The first-order valence-electron chi connectivity index (χ1n) is 9.23. The van der Waals surface area contributed by atoms with Gasteiger partial charge in [0.15, 0.2) is 17.5 Å². The fourth-order valence-electron chi connectivity index (χ4n) is 2.81. The predicted molar refractivity (Wildman–Crippen MR) is 106 cm³/mol. The predicted octanol–water partition coefficient (Wildman–Crippen LogP) is 4.13. The lowest BCUT2D eigenvalue weighted by Gasteiger charge is -2.19. The maximum absolute atomic E-state index is 13.6. The first-order chi connectivity index (χ1) is 13.7. The molecule has 0 aromatic heterocycles. The minimum absolute atomic E-state index is 0.0808. The minimum Gasteiger partial charge on any atom is -0.325 e. The lowest BCUT2D eigenvalue weighted by molar-refractivity contribution is -0.119. The molecule has 0 heterocycles. The molecular formula is C21H24F3N3O2. The van der Waals surface area contributed by atoms with Crippen LogP contribution in [-0.4, -0.2) is 36.9 Å². The molecule has 2 aromatic rings. The summed E-state index contributed by atoms with van der Waals surface area (Å²) in [5.74, 6) is -5.16. The number of carbonyl (C=O) groups is 2. The Bertz CT molecular complexity index is 889. The van der Waals surface area contributed by atoms with Crippen molar-refractivity contribution in [1.82, 2.24) is 4.90 Å². The zero-order chi connectivity index (χ0) is 21.6. The number of nitrogens with one attached hydrogen (secondary N) is 2. The summed E-state index contributed by atoms with van der Waals surface area (Å²) in [5.41, 5.74) is 1.28. The summed E-state index contributed by atoms with van der Waals surface area (Å²) in [6.45, 7) is 3.81. The first kappa shape index (κ1) is 22.4. The summed E-state index contributed by atoms with van der Waals surface area (Å²) in [6.07, 6.45) is 0.924. The highest BCUT2D eigenvalue weighted by molar-refractivity contribution is 5.95. The second kappa shape index (κ2) is 10.1. The minimum atomic E-state index is -1.66. The standard InChI is InChI=1S/C21H24F3N3O2/c1-4-13(2)14-7-5-6-8-16(14)25-18(28)11-27(3)12-19(29)26-17-10-9-15(22)20(23)21(17)24/h5-10,13H,4,11-12H2,1-3H3,(H,25,28)(H,26,29)/t13-/m0/s1. The van der Waals surface area contributed by atoms with E-state index in [-0.39, 0.29) is 24.9 Å². The second-order valence-electron chi connectivity index (χ2n) is 6.89. The summed E-state index contributed by atoms with van der Waals surface area (Å²) in [7, 11) is 1.54. The Morgan fingerprint density at radius 2 is 1.52 bits per heavy atom. The molecule has 0 aliphatic heterocycles. The van der Waals surface area contributed by atoms with Crippen molar-refractivity contribution in [2.45, 2.75) is 26.2 Å². The molecule has 0 radical (unpaired) electrons. The Labute approximate surface area is 167 Å². The number of halogens is 3. The SMILES string of the molecule is CC[C@H](C)c1ccccc1NC(=O)CN(C)CC(=O)Nc1ccc(F)c(F)c1F. The fourth-order valence-corrected chi connectivity index (χ4v) is 2.81. The molecule has 5 nitrogen and oxygen atoms in total. The van der Waals surface area contributed by atoms with E-state index in [1.807, 2.05) is 24.3 Å². The average Bonchev–Trinajstić information content (AvgIpc) is 2.68. The molecule has 0 unspecified atom stereocenters. The van der Waals surface area contributed by atoms with Crippen LogP contribution in [0.25, 0.3) is 0 Å². The van der Waals surface area contributed by atoms with Crippen LogP contribution in [0.5, 0.6) is 0 Å². The molecule has 1 atom stereocenters. The third kappa shape index (κ3) is 6.05. The quantitative estimate of drug-likeness (QED) is 0.647. The molecule has 0 bridgehead atoms. The van der Waals surface area contributed by atoms with Crippen molar-refractivity contribution < 1.29 is 22.8 Å². The third-order valence-corrected chi connectivity index (χ3v) is 4.51. The van der Waals surface area contributed by atoms with Gasteiger partial charge in [0.1, 0.15) is 0 Å². The van der Waals surface area contributed by atoms with Crippen molar-refractivity contribution in [1.29, 1.82) is 0 Å². The molecule has 2 aromatic carbocycles. The normalized spacial score (nSPS) is 12.0. The molecule has 2 N–H and O–H groups in total. The number of benzene rings is 2. The maximum atomic E-state index is 13.6. The summed E-state index contributed by atoms with van der Waals surface area (Å²) in [6, 6.07) is 9.17. The van der Waals surface area contributed by atoms with E-state index < -0.39 is 29.0 Å². The number of hydrogen-bond donors (Lipinski definition) is 2. The average molecular weight is 407 g/mol. The van der Waals surface area contributed by atoms with E-state index in [9.17, 15) is 22.8 Å². The Kier molecular flexibility index (Phi) is 7.78. The number of hydrogen-bond acceptors (Lipinski definition) is 3. The Hall–Kier alpha value is -2.87. The largest absolute Gasteiger partial charge is 0.325 e. The number of anilines is 2. The van der Waals surface area contributed by atoms with Crippen LogP contribution in [0, 0.1) is 17.5 Å². The number of likely N-dealkylation sites (N-methyl/N-ethyl adjacent to an activating group) is 1. The van der Waals surface area contributed by atoms with E-state index in [0.717, 1.165) is 24.1 Å². The van der Waals surface area contributed by atoms with E-state index in [2.05, 4.69) is 24.5 Å². The summed E-state index contributed by atoms with van der Waals surface area (Å²) in [4.78, 5) is 25.8. The van der Waals surface area contributed by atoms with Crippen molar-refractivity contribution in [3.8, 4) is 0 Å². The second-order valence-corrected chi connectivity index (χ2v) is 6.89. The number of rotatable bonds is 8. The monoisotopic (exact) mass is 407 g/mol. The van der Waals surface area contributed by atoms with Gasteiger partial charge in [-0.05, 0) is 43.1 Å². The van der Waals surface area contributed by atoms with Gasteiger partial charge in [0, 0.05) is 5.69 Å². The van der Waals surface area contributed by atoms with Crippen LogP contribution in [0.3, 0.4) is 0 Å². The zero-order valence-corrected chi connectivity index (χ0v) is 16.6. The van der Waals surface area contributed by atoms with Crippen LogP contribution < -0.4 is 10.6 Å². The molecule has 156 valence electrons. The molecule has 0 fully saturated rings. The summed E-state index contributed by atoms with van der Waals surface area (Å²) >= 11 is 0. The molecule has 0 saturated carbocycles. The first-order valence-corrected chi connectivity index (χ1v) is 9.23. The Balaban J connectivity index is 1.92. The molecule has 0 spiro atoms. The molecule has 0 aliphatic carbocycles. The Morgan fingerprint density at radius 3 is 2.14 bits per heavy atom. The smallest absolute Gasteiger partial charge is 0.238 e. The van der Waals surface area contributed by atoms with Crippen LogP contribution in [-0.2, 0) is 9.59 Å². The zero-order valence-electron chi connectivity index (χ0n) is 16.6. The van der Waals surface area contributed by atoms with E-state index in [1.165, 1.54) is 4.90 Å². The highest BCUT2D eigenvalue weighted by atomic mass is 19.2. The van der Waals surface area contributed by atoms with E-state index >= 15 is 0 Å². The van der Waals surface area contributed by atoms with Gasteiger partial charge in [-0.15, -0.1) is 0 Å². The van der Waals surface area contributed by atoms with Gasteiger partial charge in [-0.3, -0.25) is 14.5 Å². The molecule has 2 rings (SSSR count). The number of amides is 2. The number of carbonyl (C=O) groups excluding carboxylic acids is 2. The van der Waals surface area contributed by atoms with Gasteiger partial charge >= 0.3 is 0 Å². The van der Waals surface area contributed by atoms with Gasteiger partial charge < -0.3 is 10.6 Å². The maximum Gasteiger partial charge on any atom is 0.238 e. The van der Waals surface area contributed by atoms with Crippen LogP contribution in [0.15, 0.2) is 36.4 Å². The van der Waals surface area contributed by atoms with Crippen LogP contribution >= 0.6 is 0 Å². The van der Waals surface area contributed by atoms with Crippen molar-refractivity contribution >= 4 is 23.2 Å². The molecule has 29 heavy (non-hydrogen) atoms. The van der Waals surface area contributed by atoms with Gasteiger partial charge in [-0.25, -0.2) is 13.2 Å². The van der Waals surface area contributed by atoms with Crippen LogP contribution in [0.2, 0.25) is 0 Å². The van der Waals surface area contributed by atoms with Crippen molar-refractivity contribution in [3.05, 3.63) is 59.4 Å². The van der Waals surface area contributed by atoms with E-state index in [1.54, 1.807) is 7.05 Å². The van der Waals surface area contributed by atoms with Gasteiger partial charge in [-0.2, -0.15) is 0 Å². The highest BCUT2D eigenvalue weighted by Gasteiger charge is 2.17. The number of nitrogens with zero attached hydrogens (tertiary/aromatic N) is 1. The van der Waals surface area contributed by atoms with E-state index in [0.29, 0.717) is 5.69 Å². The third-order valence-electron chi connectivity index (χ3n) is 4.51.